The molecular formula is C22H27FO7. The van der Waals surface area contributed by atoms with Crippen molar-refractivity contribution in [2.24, 2.45) is 34.5 Å². The van der Waals surface area contributed by atoms with Crippen LogP contribution in [-0.2, 0) is 23.9 Å². The van der Waals surface area contributed by atoms with Crippen LogP contribution in [0.25, 0.3) is 0 Å². The third-order valence-corrected chi connectivity index (χ3v) is 9.71. The maximum atomic E-state index is 15.5. The molecule has 30 heavy (non-hydrogen) atoms. The Labute approximate surface area is 173 Å². The maximum Gasteiger partial charge on any atom is 0.206 e. The summed E-state index contributed by atoms with van der Waals surface area (Å²) in [5, 5.41) is 21.0. The number of carbonyl (C=O) groups excluding carboxylic acids is 4. The van der Waals surface area contributed by atoms with Crippen molar-refractivity contribution >= 4 is 23.1 Å². The number of Topliss-reactive ketones (excluding diaryl/α,β-unsaturated/α-hetero) is 4. The largest absolute Gasteiger partial charge is 0.388 e. The average molecular weight is 422 g/mol. The van der Waals surface area contributed by atoms with Crippen molar-refractivity contribution < 1.29 is 38.5 Å². The van der Waals surface area contributed by atoms with E-state index in [9.17, 15) is 29.4 Å². The molecule has 0 aromatic carbocycles. The second-order valence-electron chi connectivity index (χ2n) is 10.5. The van der Waals surface area contributed by atoms with E-state index in [-0.39, 0.29) is 18.8 Å². The molecule has 2 N–H and O–H groups in total. The number of hydrogen-bond donors (Lipinski definition) is 2. The Morgan fingerprint density at radius 3 is 2.50 bits per heavy atom. The van der Waals surface area contributed by atoms with Crippen LogP contribution in [0, 0.1) is 34.5 Å². The van der Waals surface area contributed by atoms with E-state index in [4.69, 9.17) is 4.74 Å². The van der Waals surface area contributed by atoms with Crippen molar-refractivity contribution in [2.75, 3.05) is 6.61 Å². The molecule has 0 amide bonds. The van der Waals surface area contributed by atoms with Gasteiger partial charge in [-0.25, -0.2) is 4.39 Å². The summed E-state index contributed by atoms with van der Waals surface area (Å²) in [4.78, 5) is 50.4. The highest BCUT2D eigenvalue weighted by Crippen LogP contribution is 2.76. The molecule has 1 spiro atoms. The number of hydrogen-bond acceptors (Lipinski definition) is 7. The third-order valence-electron chi connectivity index (χ3n) is 9.71. The number of alkyl halides is 1. The van der Waals surface area contributed by atoms with Crippen molar-refractivity contribution in [3.63, 3.8) is 0 Å². The molecule has 1 saturated heterocycles. The number of epoxide rings is 1. The average Bonchev–Trinajstić information content (AvgIpc) is 3.36. The van der Waals surface area contributed by atoms with Gasteiger partial charge < -0.3 is 14.9 Å². The molecule has 7 nitrogen and oxygen atoms in total. The summed E-state index contributed by atoms with van der Waals surface area (Å²) in [6, 6.07) is 0. The lowest BCUT2D eigenvalue weighted by Gasteiger charge is -2.57. The minimum Gasteiger partial charge on any atom is -0.388 e. The van der Waals surface area contributed by atoms with Crippen molar-refractivity contribution in [1.29, 1.82) is 0 Å². The molecule has 164 valence electrons. The van der Waals surface area contributed by atoms with Crippen LogP contribution in [0.2, 0.25) is 0 Å². The summed E-state index contributed by atoms with van der Waals surface area (Å²) in [6.45, 7) is 4.32. The predicted molar refractivity (Wildman–Crippen MR) is 98.9 cm³/mol. The minimum atomic E-state index is -1.77. The highest BCUT2D eigenvalue weighted by molar-refractivity contribution is 6.44. The summed E-state index contributed by atoms with van der Waals surface area (Å²) >= 11 is 0. The third kappa shape index (κ3) is 1.85. The van der Waals surface area contributed by atoms with Crippen LogP contribution >= 0.6 is 0 Å². The molecule has 0 aromatic rings. The Bertz CT molecular complexity index is 902. The lowest BCUT2D eigenvalue weighted by Crippen LogP contribution is -2.69. The van der Waals surface area contributed by atoms with Gasteiger partial charge in [0.05, 0.1) is 23.9 Å². The fourth-order valence-corrected chi connectivity index (χ4v) is 8.26. The van der Waals surface area contributed by atoms with Crippen LogP contribution in [0.4, 0.5) is 4.39 Å². The SMILES string of the molecule is C[C@H]1C[C@H]2[C@@H]3C[C@H](F)C4C(=O)C(=O)CC(=O)[C@]4(C)[C@@]34O[C@H]4C[C@]2(C)[C@@]1(O)C(=O)CO. The summed E-state index contributed by atoms with van der Waals surface area (Å²) in [5.74, 6) is -5.34. The molecule has 0 aromatic heterocycles. The molecular weight excluding hydrogens is 395 g/mol. The number of rotatable bonds is 2. The van der Waals surface area contributed by atoms with Crippen LogP contribution in [0.1, 0.15) is 46.5 Å². The fraction of sp³-hybridized carbons (Fsp3) is 0.818. The Morgan fingerprint density at radius 2 is 1.87 bits per heavy atom. The fourth-order valence-electron chi connectivity index (χ4n) is 8.26. The normalized spacial score (nSPS) is 56.7. The minimum absolute atomic E-state index is 0.0561. The molecule has 0 radical (unpaired) electrons. The number of halogens is 1. The lowest BCUT2D eigenvalue weighted by molar-refractivity contribution is -0.181. The topological polar surface area (TPSA) is 121 Å². The Hall–Kier alpha value is -1.51. The van der Waals surface area contributed by atoms with Crippen molar-refractivity contribution in [3.8, 4) is 0 Å². The molecule has 5 fully saturated rings. The zero-order valence-electron chi connectivity index (χ0n) is 17.3. The quantitative estimate of drug-likeness (QED) is 0.379. The van der Waals surface area contributed by atoms with Gasteiger partial charge in [-0.15, -0.1) is 0 Å². The molecule has 4 saturated carbocycles. The molecule has 10 atom stereocenters. The second-order valence-corrected chi connectivity index (χ2v) is 10.5. The van der Waals surface area contributed by atoms with Crippen LogP contribution < -0.4 is 0 Å². The zero-order chi connectivity index (χ0) is 22.0. The molecule has 5 rings (SSSR count). The van der Waals surface area contributed by atoms with Crippen molar-refractivity contribution in [1.82, 2.24) is 0 Å². The molecule has 8 heteroatoms. The number of fused-ring (bicyclic) bond motifs is 3. The molecule has 5 aliphatic rings. The summed E-state index contributed by atoms with van der Waals surface area (Å²) in [5.41, 5.74) is -5.19. The number of ketones is 4. The van der Waals surface area contributed by atoms with Gasteiger partial charge in [-0.2, -0.15) is 0 Å². The highest BCUT2D eigenvalue weighted by Gasteiger charge is 2.86. The Balaban J connectivity index is 1.63. The molecule has 1 aliphatic heterocycles. The Kier molecular flexibility index (Phi) is 3.83. The molecule has 1 unspecified atom stereocenters. The van der Waals surface area contributed by atoms with Gasteiger partial charge in [-0.1, -0.05) is 13.8 Å². The van der Waals surface area contributed by atoms with Crippen molar-refractivity contribution in [2.45, 2.75) is 69.9 Å². The van der Waals surface area contributed by atoms with Gasteiger partial charge >= 0.3 is 0 Å². The standard InChI is InChI=1S/C22H27FO7/c1-9-4-10-11-5-12(23)17-18(28)13(25)6-14(26)20(17,3)22(11)16(30-22)7-19(10,2)21(9,29)15(27)8-24/h9-12,16-17,24,29H,4-8H2,1-3H3/t9-,10-,11-,12-,16-,17?,19-,20-,21-,22+/m0/s1. The number of ether oxygens (including phenoxy) is 1. The van der Waals surface area contributed by atoms with Gasteiger partial charge in [0.15, 0.2) is 5.78 Å². The van der Waals surface area contributed by atoms with Crippen LogP contribution in [0.3, 0.4) is 0 Å². The first-order valence-corrected chi connectivity index (χ1v) is 10.7. The van der Waals surface area contributed by atoms with Gasteiger partial charge in [-0.3, -0.25) is 19.2 Å². The summed E-state index contributed by atoms with van der Waals surface area (Å²) in [6.07, 6.45) is -2.08. The first-order chi connectivity index (χ1) is 13.9. The molecule has 4 aliphatic carbocycles. The number of aliphatic hydroxyl groups excluding tert-OH is 1. The smallest absolute Gasteiger partial charge is 0.206 e. The van der Waals surface area contributed by atoms with E-state index in [0.717, 1.165) is 0 Å². The van der Waals surface area contributed by atoms with Gasteiger partial charge in [0, 0.05) is 5.41 Å². The first kappa shape index (κ1) is 20.4. The monoisotopic (exact) mass is 422 g/mol. The van der Waals surface area contributed by atoms with Crippen LogP contribution in [0.15, 0.2) is 0 Å². The van der Waals surface area contributed by atoms with E-state index in [2.05, 4.69) is 0 Å². The van der Waals surface area contributed by atoms with E-state index < -0.39 is 88.2 Å². The molecule has 0 bridgehead atoms. The van der Waals surface area contributed by atoms with Gasteiger partial charge in [-0.05, 0) is 43.9 Å². The molecule has 1 heterocycles. The van der Waals surface area contributed by atoms with E-state index in [0.29, 0.717) is 6.42 Å². The Morgan fingerprint density at radius 1 is 1.20 bits per heavy atom. The van der Waals surface area contributed by atoms with Gasteiger partial charge in [0.25, 0.3) is 0 Å². The van der Waals surface area contributed by atoms with Crippen LogP contribution in [0.5, 0.6) is 0 Å². The summed E-state index contributed by atoms with van der Waals surface area (Å²) in [7, 11) is 0. The second kappa shape index (κ2) is 5.64. The number of carbonyl (C=O) groups is 4. The lowest BCUT2D eigenvalue weighted by atomic mass is 9.43. The van der Waals surface area contributed by atoms with Crippen molar-refractivity contribution in [3.05, 3.63) is 0 Å². The zero-order valence-corrected chi connectivity index (χ0v) is 17.3. The van der Waals surface area contributed by atoms with Gasteiger partial charge in [0.1, 0.15) is 29.8 Å². The van der Waals surface area contributed by atoms with Gasteiger partial charge in [0.2, 0.25) is 11.6 Å². The highest BCUT2D eigenvalue weighted by atomic mass is 19.1. The maximum absolute atomic E-state index is 15.5. The first-order valence-electron chi connectivity index (χ1n) is 10.7. The number of aliphatic hydroxyl groups is 2. The predicted octanol–water partition coefficient (Wildman–Crippen LogP) is 0.574. The van der Waals surface area contributed by atoms with E-state index >= 15 is 4.39 Å². The van der Waals surface area contributed by atoms with E-state index in [1.807, 2.05) is 0 Å². The van der Waals surface area contributed by atoms with E-state index in [1.54, 1.807) is 20.8 Å². The van der Waals surface area contributed by atoms with E-state index in [1.165, 1.54) is 0 Å². The van der Waals surface area contributed by atoms with Crippen LogP contribution in [-0.4, -0.2) is 63.4 Å². The summed E-state index contributed by atoms with van der Waals surface area (Å²) < 4.78 is 21.6.